The van der Waals surface area contributed by atoms with E-state index in [0.717, 1.165) is 22.0 Å². The average molecular weight is 498 g/mol. The fourth-order valence-electron chi connectivity index (χ4n) is 2.84. The van der Waals surface area contributed by atoms with Gasteiger partial charge in [0.15, 0.2) is 0 Å². The highest BCUT2D eigenvalue weighted by Gasteiger charge is 2.19. The molecule has 3 amide bonds. The number of carbonyl (C=O) groups excluding carboxylic acids is 4. The predicted octanol–water partition coefficient (Wildman–Crippen LogP) is -0.260. The molecular weight excluding hydrogens is 462 g/mol. The number of H-pyrrole nitrogens is 1. The summed E-state index contributed by atoms with van der Waals surface area (Å²) in [4.78, 5) is 74.0. The Kier molecular flexibility index (Phi) is 12.2. The Balaban J connectivity index is 2.39. The molecule has 0 atom stereocenters. The van der Waals surface area contributed by atoms with Gasteiger partial charge < -0.3 is 25.0 Å². The second kappa shape index (κ2) is 14.6. The zero-order valence-electron chi connectivity index (χ0n) is 20.7. The number of esters is 1. The molecule has 0 fully saturated rings. The fraction of sp³-hybridized carbons (Fsp3) is 0.636. The lowest BCUT2D eigenvalue weighted by molar-refractivity contribution is -0.147. The second-order valence-corrected chi connectivity index (χ2v) is 8.72. The van der Waals surface area contributed by atoms with Gasteiger partial charge >= 0.3 is 17.8 Å². The van der Waals surface area contributed by atoms with Crippen LogP contribution in [-0.2, 0) is 30.4 Å². The van der Waals surface area contributed by atoms with Gasteiger partial charge in [-0.3, -0.25) is 28.7 Å². The van der Waals surface area contributed by atoms with Gasteiger partial charge in [0.2, 0.25) is 11.8 Å². The highest BCUT2D eigenvalue weighted by atomic mass is 16.6. The van der Waals surface area contributed by atoms with Crippen molar-refractivity contribution in [2.75, 3.05) is 33.3 Å². The third kappa shape index (κ3) is 13.0. The van der Waals surface area contributed by atoms with E-state index in [0.29, 0.717) is 19.4 Å². The first kappa shape index (κ1) is 29.4. The van der Waals surface area contributed by atoms with Crippen LogP contribution in [0.25, 0.3) is 0 Å². The highest BCUT2D eigenvalue weighted by molar-refractivity contribution is 5.82. The molecule has 3 N–H and O–H groups in total. The number of methoxy groups -OCH3 is 1. The molecule has 0 bridgehead atoms. The Hall–Kier alpha value is -3.64. The molecule has 1 rings (SSSR count). The van der Waals surface area contributed by atoms with Gasteiger partial charge in [0.1, 0.15) is 18.7 Å². The summed E-state index contributed by atoms with van der Waals surface area (Å²) in [6.45, 7) is 5.17. The van der Waals surface area contributed by atoms with Crippen molar-refractivity contribution < 1.29 is 28.7 Å². The van der Waals surface area contributed by atoms with E-state index in [1.165, 1.54) is 13.3 Å². The van der Waals surface area contributed by atoms with Crippen LogP contribution in [0, 0.1) is 0 Å². The van der Waals surface area contributed by atoms with E-state index in [4.69, 9.17) is 4.74 Å². The fourth-order valence-corrected chi connectivity index (χ4v) is 2.84. The topological polar surface area (TPSA) is 169 Å². The number of nitrogens with zero attached hydrogens (tertiary/aromatic N) is 2. The SMILES string of the molecule is COC(=O)CN(CCNC(=O)CCCCCNC(=O)OC(C)(C)C)C(=O)Cn1ccc(=O)[nH]c1=O. The second-order valence-electron chi connectivity index (χ2n) is 8.72. The predicted molar refractivity (Wildman–Crippen MR) is 126 cm³/mol. The molecule has 13 heteroatoms. The first-order valence-corrected chi connectivity index (χ1v) is 11.3. The van der Waals surface area contributed by atoms with E-state index < -0.39 is 41.4 Å². The number of aromatic nitrogens is 2. The Morgan fingerprint density at radius 2 is 1.77 bits per heavy atom. The van der Waals surface area contributed by atoms with Crippen LogP contribution in [-0.4, -0.2) is 77.2 Å². The standard InChI is InChI=1S/C22H35N5O8/c1-22(2,3)35-21(33)24-10-7-5-6-8-16(28)23-11-13-26(15-19(31)34-4)18(30)14-27-12-9-17(29)25-20(27)32/h9,12H,5-8,10-11,13-15H2,1-4H3,(H,23,28)(H,24,33)(H,25,29,32). The Morgan fingerprint density at radius 3 is 2.40 bits per heavy atom. The van der Waals surface area contributed by atoms with Crippen molar-refractivity contribution >= 4 is 23.9 Å². The molecule has 0 radical (unpaired) electrons. The number of hydrogen-bond donors (Lipinski definition) is 3. The molecule has 1 aromatic rings. The number of nitrogens with one attached hydrogen (secondary N) is 3. The van der Waals surface area contributed by atoms with Crippen LogP contribution in [0.15, 0.2) is 21.9 Å². The highest BCUT2D eigenvalue weighted by Crippen LogP contribution is 2.06. The minimum Gasteiger partial charge on any atom is -0.468 e. The molecule has 1 heterocycles. The van der Waals surface area contributed by atoms with Gasteiger partial charge in [-0.25, -0.2) is 9.59 Å². The monoisotopic (exact) mass is 497 g/mol. The Labute approximate surface area is 203 Å². The van der Waals surface area contributed by atoms with E-state index in [1.807, 2.05) is 4.98 Å². The molecule has 13 nitrogen and oxygen atoms in total. The summed E-state index contributed by atoms with van der Waals surface area (Å²) in [5, 5.41) is 5.34. The summed E-state index contributed by atoms with van der Waals surface area (Å²) in [5.41, 5.74) is -1.90. The van der Waals surface area contributed by atoms with Crippen molar-refractivity contribution in [1.82, 2.24) is 25.1 Å². The van der Waals surface area contributed by atoms with Crippen molar-refractivity contribution in [1.29, 1.82) is 0 Å². The number of alkyl carbamates (subject to hydrolysis) is 1. The van der Waals surface area contributed by atoms with Crippen LogP contribution >= 0.6 is 0 Å². The Morgan fingerprint density at radius 1 is 1.06 bits per heavy atom. The lowest BCUT2D eigenvalue weighted by atomic mass is 10.2. The van der Waals surface area contributed by atoms with E-state index >= 15 is 0 Å². The van der Waals surface area contributed by atoms with Gasteiger partial charge in [0.05, 0.1) is 7.11 Å². The molecule has 35 heavy (non-hydrogen) atoms. The largest absolute Gasteiger partial charge is 0.468 e. The maximum absolute atomic E-state index is 12.6. The minimum absolute atomic E-state index is 0.0254. The van der Waals surface area contributed by atoms with Crippen LogP contribution in [0.3, 0.4) is 0 Å². The summed E-state index contributed by atoms with van der Waals surface area (Å²) < 4.78 is 10.7. The van der Waals surface area contributed by atoms with Gasteiger partial charge in [0.25, 0.3) is 5.56 Å². The molecule has 0 unspecified atom stereocenters. The number of rotatable bonds is 13. The van der Waals surface area contributed by atoms with Crippen LogP contribution < -0.4 is 21.9 Å². The number of ether oxygens (including phenoxy) is 2. The lowest BCUT2D eigenvalue weighted by Gasteiger charge is -2.22. The van der Waals surface area contributed by atoms with E-state index in [2.05, 4.69) is 15.4 Å². The third-order valence-electron chi connectivity index (χ3n) is 4.56. The molecule has 0 saturated carbocycles. The zero-order valence-corrected chi connectivity index (χ0v) is 20.7. The van der Waals surface area contributed by atoms with E-state index in [9.17, 15) is 28.8 Å². The Bertz CT molecular complexity index is 979. The summed E-state index contributed by atoms with van der Waals surface area (Å²) in [7, 11) is 1.18. The zero-order chi connectivity index (χ0) is 26.4. The first-order chi connectivity index (χ1) is 16.4. The smallest absolute Gasteiger partial charge is 0.407 e. The minimum atomic E-state index is -0.751. The number of carbonyl (C=O) groups is 4. The first-order valence-electron chi connectivity index (χ1n) is 11.3. The van der Waals surface area contributed by atoms with E-state index in [-0.39, 0.29) is 32.0 Å². The molecule has 0 aliphatic heterocycles. The average Bonchev–Trinajstić information content (AvgIpc) is 2.75. The molecule has 0 saturated heterocycles. The van der Waals surface area contributed by atoms with Crippen molar-refractivity contribution in [3.05, 3.63) is 33.1 Å². The van der Waals surface area contributed by atoms with Crippen molar-refractivity contribution in [2.24, 2.45) is 0 Å². The van der Waals surface area contributed by atoms with Gasteiger partial charge in [-0.05, 0) is 33.6 Å². The summed E-state index contributed by atoms with van der Waals surface area (Å²) in [5.74, 6) is -1.43. The van der Waals surface area contributed by atoms with Crippen LogP contribution in [0.1, 0.15) is 46.5 Å². The molecule has 1 aromatic heterocycles. The number of hydrogen-bond acceptors (Lipinski definition) is 8. The molecule has 0 spiro atoms. The van der Waals surface area contributed by atoms with Gasteiger partial charge in [0, 0.05) is 38.3 Å². The summed E-state index contributed by atoms with van der Waals surface area (Å²) >= 11 is 0. The number of unbranched alkanes of at least 4 members (excludes halogenated alkanes) is 2. The maximum Gasteiger partial charge on any atom is 0.407 e. The van der Waals surface area contributed by atoms with Gasteiger partial charge in [-0.1, -0.05) is 6.42 Å². The van der Waals surface area contributed by atoms with Crippen molar-refractivity contribution in [3.8, 4) is 0 Å². The normalized spacial score (nSPS) is 10.9. The van der Waals surface area contributed by atoms with Crippen molar-refractivity contribution in [3.63, 3.8) is 0 Å². The molecular formula is C22H35N5O8. The molecule has 0 aromatic carbocycles. The number of amides is 3. The van der Waals surface area contributed by atoms with Gasteiger partial charge in [-0.2, -0.15) is 0 Å². The molecule has 0 aliphatic rings. The van der Waals surface area contributed by atoms with Crippen LogP contribution in [0.2, 0.25) is 0 Å². The van der Waals surface area contributed by atoms with Gasteiger partial charge in [-0.15, -0.1) is 0 Å². The van der Waals surface area contributed by atoms with Crippen LogP contribution in [0.5, 0.6) is 0 Å². The maximum atomic E-state index is 12.6. The quantitative estimate of drug-likeness (QED) is 0.247. The third-order valence-corrected chi connectivity index (χ3v) is 4.56. The summed E-state index contributed by atoms with van der Waals surface area (Å²) in [6.07, 6.45) is 3.00. The molecule has 196 valence electrons. The summed E-state index contributed by atoms with van der Waals surface area (Å²) in [6, 6.07) is 1.10. The number of aromatic amines is 1. The molecule has 0 aliphatic carbocycles. The lowest BCUT2D eigenvalue weighted by Crippen LogP contribution is -2.44. The van der Waals surface area contributed by atoms with Crippen LogP contribution in [0.4, 0.5) is 4.79 Å². The van der Waals surface area contributed by atoms with Crippen molar-refractivity contribution in [2.45, 2.75) is 58.6 Å². The van der Waals surface area contributed by atoms with E-state index in [1.54, 1.807) is 20.8 Å².